The van der Waals surface area contributed by atoms with Crippen LogP contribution in [-0.2, 0) is 5.41 Å². The Labute approximate surface area is 168 Å². The Morgan fingerprint density at radius 2 is 1.78 bits per heavy atom. The molecule has 2 nitrogen and oxygen atoms in total. The van der Waals surface area contributed by atoms with Crippen LogP contribution in [0.1, 0.15) is 66.2 Å². The zero-order valence-electron chi connectivity index (χ0n) is 15.9. The Morgan fingerprint density at radius 1 is 1.00 bits per heavy atom. The standard InChI is InChI=1S/C24H28N2.ClH/c25-17-9-10-20-21-12-24(22(20)11-17)15-26(13-16-5-1-2-6-16)14-23(24)19-8-4-3-7-18(19)21;/h3-4,7-11,16,21,23H,1-2,5-6,12-15,25H2;1H. The van der Waals surface area contributed by atoms with Crippen molar-refractivity contribution >= 4 is 18.1 Å². The van der Waals surface area contributed by atoms with E-state index in [1.165, 1.54) is 51.7 Å². The molecule has 2 aromatic rings. The molecular weight excluding hydrogens is 352 g/mol. The van der Waals surface area contributed by atoms with Crippen LogP contribution < -0.4 is 5.73 Å². The summed E-state index contributed by atoms with van der Waals surface area (Å²) in [5.74, 6) is 2.14. The fraction of sp³-hybridized carbons (Fsp3) is 0.500. The summed E-state index contributed by atoms with van der Waals surface area (Å²) in [6.45, 7) is 3.77. The number of hydrogen-bond acceptors (Lipinski definition) is 2. The van der Waals surface area contributed by atoms with Crippen LogP contribution in [0, 0.1) is 5.92 Å². The van der Waals surface area contributed by atoms with Gasteiger partial charge in [0.1, 0.15) is 0 Å². The normalized spacial score (nSPS) is 31.3. The summed E-state index contributed by atoms with van der Waals surface area (Å²) in [4.78, 5) is 2.80. The van der Waals surface area contributed by atoms with Crippen molar-refractivity contribution in [2.24, 2.45) is 5.92 Å². The van der Waals surface area contributed by atoms with Crippen LogP contribution in [0.3, 0.4) is 0 Å². The number of hydrogen-bond donors (Lipinski definition) is 1. The molecule has 1 spiro atoms. The van der Waals surface area contributed by atoms with Gasteiger partial charge in [-0.3, -0.25) is 0 Å². The van der Waals surface area contributed by atoms with E-state index >= 15 is 0 Å². The molecule has 27 heavy (non-hydrogen) atoms. The Balaban J connectivity index is 0.00000160. The van der Waals surface area contributed by atoms with Crippen molar-refractivity contribution in [1.82, 2.24) is 4.90 Å². The second-order valence-electron chi connectivity index (χ2n) is 9.29. The maximum absolute atomic E-state index is 6.25. The SMILES string of the molecule is Cl.Nc1ccc2c(c1)C13CC2c2ccccc2C1CN(CC1CCCC1)C3. The minimum Gasteiger partial charge on any atom is -0.399 e. The van der Waals surface area contributed by atoms with Crippen molar-refractivity contribution in [3.8, 4) is 0 Å². The lowest BCUT2D eigenvalue weighted by Crippen LogP contribution is -2.35. The molecule has 0 radical (unpaired) electrons. The number of anilines is 1. The molecule has 3 unspecified atom stereocenters. The van der Waals surface area contributed by atoms with Crippen LogP contribution in [0.5, 0.6) is 0 Å². The third kappa shape index (κ3) is 2.42. The number of nitrogens with two attached hydrogens (primary N) is 1. The van der Waals surface area contributed by atoms with Gasteiger partial charge >= 0.3 is 0 Å². The zero-order valence-corrected chi connectivity index (χ0v) is 16.7. The minimum absolute atomic E-state index is 0. The summed E-state index contributed by atoms with van der Waals surface area (Å²) in [5, 5.41) is 0. The summed E-state index contributed by atoms with van der Waals surface area (Å²) in [5.41, 5.74) is 13.8. The minimum atomic E-state index is 0. The predicted octanol–water partition coefficient (Wildman–Crippen LogP) is 5.07. The molecule has 1 aliphatic heterocycles. The van der Waals surface area contributed by atoms with E-state index in [0.29, 0.717) is 17.3 Å². The van der Waals surface area contributed by atoms with Gasteiger partial charge in [-0.1, -0.05) is 43.2 Å². The molecule has 3 atom stereocenters. The highest BCUT2D eigenvalue weighted by Gasteiger charge is 2.58. The van der Waals surface area contributed by atoms with Crippen LogP contribution in [-0.4, -0.2) is 24.5 Å². The molecule has 1 heterocycles. The highest BCUT2D eigenvalue weighted by atomic mass is 35.5. The number of likely N-dealkylation sites (tertiary alicyclic amines) is 1. The van der Waals surface area contributed by atoms with Crippen LogP contribution >= 0.6 is 12.4 Å². The van der Waals surface area contributed by atoms with E-state index in [0.717, 1.165) is 11.6 Å². The Kier molecular flexibility index (Phi) is 4.07. The van der Waals surface area contributed by atoms with Gasteiger partial charge < -0.3 is 10.6 Å². The van der Waals surface area contributed by atoms with E-state index in [1.807, 2.05) is 0 Å². The second kappa shape index (κ2) is 6.25. The molecule has 2 N–H and O–H groups in total. The molecule has 2 fully saturated rings. The molecule has 3 heteroatoms. The van der Waals surface area contributed by atoms with Gasteiger partial charge in [0.15, 0.2) is 0 Å². The fourth-order valence-corrected chi connectivity index (χ4v) is 6.90. The molecular formula is C24H29ClN2. The summed E-state index contributed by atoms with van der Waals surface area (Å²) < 4.78 is 0. The number of rotatable bonds is 2. The lowest BCUT2D eigenvalue weighted by atomic mass is 9.65. The molecule has 6 rings (SSSR count). The monoisotopic (exact) mass is 380 g/mol. The lowest BCUT2D eigenvalue weighted by molar-refractivity contribution is 0.260. The van der Waals surface area contributed by atoms with Crippen molar-refractivity contribution in [2.75, 3.05) is 25.4 Å². The lowest BCUT2D eigenvalue weighted by Gasteiger charge is -2.37. The summed E-state index contributed by atoms with van der Waals surface area (Å²) in [7, 11) is 0. The quantitative estimate of drug-likeness (QED) is 0.737. The van der Waals surface area contributed by atoms with Gasteiger partial charge in [-0.15, -0.1) is 12.4 Å². The molecule has 1 saturated heterocycles. The van der Waals surface area contributed by atoms with Gasteiger partial charge in [-0.05, 0) is 59.6 Å². The Hall–Kier alpha value is -1.51. The molecule has 4 aliphatic rings. The van der Waals surface area contributed by atoms with E-state index in [1.54, 1.807) is 22.3 Å². The van der Waals surface area contributed by atoms with Crippen molar-refractivity contribution in [3.63, 3.8) is 0 Å². The summed E-state index contributed by atoms with van der Waals surface area (Å²) >= 11 is 0. The number of nitrogen functional groups attached to an aromatic ring is 1. The topological polar surface area (TPSA) is 29.3 Å². The van der Waals surface area contributed by atoms with E-state index in [2.05, 4.69) is 47.4 Å². The first-order valence-corrected chi connectivity index (χ1v) is 10.5. The summed E-state index contributed by atoms with van der Waals surface area (Å²) in [6.07, 6.45) is 7.05. The Bertz CT molecular complexity index is 872. The number of halogens is 1. The van der Waals surface area contributed by atoms with Gasteiger partial charge in [0, 0.05) is 42.6 Å². The van der Waals surface area contributed by atoms with Crippen LogP contribution in [0.25, 0.3) is 0 Å². The maximum atomic E-state index is 6.25. The molecule has 3 aliphatic carbocycles. The largest absolute Gasteiger partial charge is 0.399 e. The second-order valence-corrected chi connectivity index (χ2v) is 9.29. The van der Waals surface area contributed by atoms with Crippen molar-refractivity contribution in [2.45, 2.75) is 49.4 Å². The first-order valence-electron chi connectivity index (χ1n) is 10.5. The third-order valence-electron chi connectivity index (χ3n) is 7.91. The maximum Gasteiger partial charge on any atom is 0.0317 e. The number of fused-ring (bicyclic) bond motifs is 3. The van der Waals surface area contributed by atoms with E-state index in [-0.39, 0.29) is 12.4 Å². The van der Waals surface area contributed by atoms with Gasteiger partial charge in [-0.2, -0.15) is 0 Å². The van der Waals surface area contributed by atoms with Crippen molar-refractivity contribution in [3.05, 3.63) is 64.7 Å². The van der Waals surface area contributed by atoms with Crippen molar-refractivity contribution < 1.29 is 0 Å². The van der Waals surface area contributed by atoms with E-state index < -0.39 is 0 Å². The molecule has 2 bridgehead atoms. The summed E-state index contributed by atoms with van der Waals surface area (Å²) in [6, 6.07) is 16.0. The molecule has 0 amide bonds. The van der Waals surface area contributed by atoms with E-state index in [4.69, 9.17) is 5.73 Å². The van der Waals surface area contributed by atoms with Crippen molar-refractivity contribution in [1.29, 1.82) is 0 Å². The average Bonchev–Trinajstić information content (AvgIpc) is 3.35. The molecule has 2 aromatic carbocycles. The number of benzene rings is 2. The fourth-order valence-electron chi connectivity index (χ4n) is 6.90. The third-order valence-corrected chi connectivity index (χ3v) is 7.91. The van der Waals surface area contributed by atoms with Crippen LogP contribution in [0.15, 0.2) is 42.5 Å². The van der Waals surface area contributed by atoms with Gasteiger partial charge in [0.2, 0.25) is 0 Å². The zero-order chi connectivity index (χ0) is 17.3. The van der Waals surface area contributed by atoms with Gasteiger partial charge in [0.05, 0.1) is 0 Å². The predicted molar refractivity (Wildman–Crippen MR) is 114 cm³/mol. The van der Waals surface area contributed by atoms with Crippen LogP contribution in [0.2, 0.25) is 0 Å². The molecule has 0 aromatic heterocycles. The van der Waals surface area contributed by atoms with Gasteiger partial charge in [0.25, 0.3) is 0 Å². The van der Waals surface area contributed by atoms with E-state index in [9.17, 15) is 0 Å². The first-order chi connectivity index (χ1) is 12.7. The first kappa shape index (κ1) is 17.6. The smallest absolute Gasteiger partial charge is 0.0317 e. The van der Waals surface area contributed by atoms with Crippen LogP contribution in [0.4, 0.5) is 5.69 Å². The Morgan fingerprint density at radius 3 is 2.59 bits per heavy atom. The molecule has 142 valence electrons. The number of nitrogens with zero attached hydrogens (tertiary/aromatic N) is 1. The highest BCUT2D eigenvalue weighted by molar-refractivity contribution is 5.85. The van der Waals surface area contributed by atoms with Gasteiger partial charge in [-0.25, -0.2) is 0 Å². The molecule has 1 saturated carbocycles. The average molecular weight is 381 g/mol. The highest BCUT2D eigenvalue weighted by Crippen LogP contribution is 2.63.